The third-order valence-electron chi connectivity index (χ3n) is 6.71. The van der Waals surface area contributed by atoms with Crippen molar-refractivity contribution in [2.24, 2.45) is 0 Å². The Hall–Kier alpha value is -5.63. The summed E-state index contributed by atoms with van der Waals surface area (Å²) in [6.45, 7) is 7.66. The molecule has 0 aliphatic carbocycles. The second-order valence-electron chi connectivity index (χ2n) is 8.69. The smallest absolute Gasteiger partial charge is 0.196 e. The highest BCUT2D eigenvalue weighted by atomic mass is 15.0. The molecule has 1 heterocycles. The van der Waals surface area contributed by atoms with E-state index in [1.165, 1.54) is 0 Å². The first-order chi connectivity index (χ1) is 18.2. The molecule has 0 fully saturated rings. The zero-order valence-corrected chi connectivity index (χ0v) is 19.7. The van der Waals surface area contributed by atoms with Gasteiger partial charge in [-0.1, -0.05) is 72.8 Å². The number of rotatable bonds is 3. The molecule has 170 valence electrons. The van der Waals surface area contributed by atoms with Crippen LogP contribution >= 0.6 is 0 Å². The van der Waals surface area contributed by atoms with E-state index in [0.717, 1.165) is 44.2 Å². The Bertz CT molecular complexity index is 1930. The number of nitriles is 2. The fourth-order valence-corrected chi connectivity index (χ4v) is 5.13. The van der Waals surface area contributed by atoms with Gasteiger partial charge in [0.2, 0.25) is 0 Å². The second-order valence-corrected chi connectivity index (χ2v) is 8.69. The van der Waals surface area contributed by atoms with Gasteiger partial charge < -0.3 is 4.57 Å². The van der Waals surface area contributed by atoms with Crippen LogP contribution in [0.15, 0.2) is 109 Å². The van der Waals surface area contributed by atoms with Crippen LogP contribution in [-0.2, 0) is 0 Å². The van der Waals surface area contributed by atoms with Gasteiger partial charge in [-0.05, 0) is 42.0 Å². The van der Waals surface area contributed by atoms with Crippen molar-refractivity contribution in [3.63, 3.8) is 0 Å². The molecule has 0 atom stereocenters. The summed E-state index contributed by atoms with van der Waals surface area (Å²) < 4.78 is 2.23. The van der Waals surface area contributed by atoms with Crippen LogP contribution in [0.25, 0.3) is 54.6 Å². The first-order valence-corrected chi connectivity index (χ1v) is 11.8. The van der Waals surface area contributed by atoms with Crippen LogP contribution in [0.3, 0.4) is 0 Å². The van der Waals surface area contributed by atoms with Gasteiger partial charge in [-0.3, -0.25) is 0 Å². The number of benzene rings is 5. The molecule has 0 aliphatic heterocycles. The largest absolute Gasteiger partial charge is 0.309 e. The van der Waals surface area contributed by atoms with Gasteiger partial charge in [-0.2, -0.15) is 10.5 Å². The molecule has 0 spiro atoms. The summed E-state index contributed by atoms with van der Waals surface area (Å²) in [5.74, 6) is 0. The summed E-state index contributed by atoms with van der Waals surface area (Å²) in [4.78, 5) is 3.69. The molecular weight excluding hydrogens is 452 g/mol. The van der Waals surface area contributed by atoms with Gasteiger partial charge in [0.15, 0.2) is 5.69 Å². The second kappa shape index (κ2) is 8.86. The molecule has 4 heteroatoms. The van der Waals surface area contributed by atoms with E-state index in [4.69, 9.17) is 6.57 Å². The van der Waals surface area contributed by atoms with Gasteiger partial charge in [0.1, 0.15) is 0 Å². The lowest BCUT2D eigenvalue weighted by Crippen LogP contribution is -1.96. The SMILES string of the molecule is [C-]#[N+]c1cccc(C#N)c1-c1ccc2c(c1)c1cccc(-c3ccccc3C#N)c1n2-c1ccccc1. The highest BCUT2D eigenvalue weighted by Crippen LogP contribution is 2.42. The number of para-hydroxylation sites is 2. The zero-order chi connectivity index (χ0) is 25.4. The van der Waals surface area contributed by atoms with Crippen LogP contribution in [-0.4, -0.2) is 4.57 Å². The Balaban J connectivity index is 1.76. The number of nitrogens with zero attached hydrogens (tertiary/aromatic N) is 4. The van der Waals surface area contributed by atoms with E-state index in [1.54, 1.807) is 18.2 Å². The van der Waals surface area contributed by atoms with Crippen molar-refractivity contribution in [1.29, 1.82) is 10.5 Å². The summed E-state index contributed by atoms with van der Waals surface area (Å²) in [5.41, 5.74) is 7.88. The van der Waals surface area contributed by atoms with Crippen LogP contribution in [0.4, 0.5) is 5.69 Å². The van der Waals surface area contributed by atoms with Crippen molar-refractivity contribution in [1.82, 2.24) is 4.57 Å². The van der Waals surface area contributed by atoms with Gasteiger partial charge in [0.05, 0.1) is 35.3 Å². The molecule has 0 saturated heterocycles. The Labute approximate surface area is 214 Å². The van der Waals surface area contributed by atoms with Crippen molar-refractivity contribution in [2.75, 3.05) is 0 Å². The Morgan fingerprint density at radius 3 is 2.14 bits per heavy atom. The third kappa shape index (κ3) is 3.43. The summed E-state index contributed by atoms with van der Waals surface area (Å²) in [6.07, 6.45) is 0. The fraction of sp³-hybridized carbons (Fsp3) is 0. The minimum Gasteiger partial charge on any atom is -0.309 e. The van der Waals surface area contributed by atoms with E-state index < -0.39 is 0 Å². The third-order valence-corrected chi connectivity index (χ3v) is 6.71. The van der Waals surface area contributed by atoms with E-state index in [2.05, 4.69) is 57.9 Å². The lowest BCUT2D eigenvalue weighted by Gasteiger charge is -2.12. The van der Waals surface area contributed by atoms with E-state index in [0.29, 0.717) is 22.4 Å². The van der Waals surface area contributed by atoms with Crippen LogP contribution in [0.1, 0.15) is 11.1 Å². The summed E-state index contributed by atoms with van der Waals surface area (Å²) in [5, 5.41) is 21.6. The molecule has 6 aromatic rings. The summed E-state index contributed by atoms with van der Waals surface area (Å²) >= 11 is 0. The number of aromatic nitrogens is 1. The molecule has 0 saturated carbocycles. The molecule has 37 heavy (non-hydrogen) atoms. The van der Waals surface area contributed by atoms with E-state index >= 15 is 0 Å². The Kier molecular flexibility index (Phi) is 5.24. The Morgan fingerprint density at radius 1 is 0.649 bits per heavy atom. The molecule has 5 aromatic carbocycles. The number of hydrogen-bond donors (Lipinski definition) is 0. The number of fused-ring (bicyclic) bond motifs is 3. The van der Waals surface area contributed by atoms with E-state index in [1.807, 2.05) is 54.6 Å². The first kappa shape index (κ1) is 21.9. The highest BCUT2D eigenvalue weighted by molar-refractivity contribution is 6.15. The molecule has 0 unspecified atom stereocenters. The van der Waals surface area contributed by atoms with Crippen LogP contribution < -0.4 is 0 Å². The van der Waals surface area contributed by atoms with Gasteiger partial charge in [-0.25, -0.2) is 4.85 Å². The van der Waals surface area contributed by atoms with Crippen molar-refractivity contribution >= 4 is 27.5 Å². The van der Waals surface area contributed by atoms with Gasteiger partial charge in [0.25, 0.3) is 0 Å². The van der Waals surface area contributed by atoms with Crippen molar-refractivity contribution in [2.45, 2.75) is 0 Å². The number of hydrogen-bond acceptors (Lipinski definition) is 2. The lowest BCUT2D eigenvalue weighted by molar-refractivity contribution is 1.18. The van der Waals surface area contributed by atoms with Gasteiger partial charge in [-0.15, -0.1) is 0 Å². The normalized spacial score (nSPS) is 10.6. The van der Waals surface area contributed by atoms with Gasteiger partial charge >= 0.3 is 0 Å². The minimum absolute atomic E-state index is 0.453. The molecule has 0 radical (unpaired) electrons. The van der Waals surface area contributed by atoms with Crippen molar-refractivity contribution in [3.05, 3.63) is 132 Å². The van der Waals surface area contributed by atoms with E-state index in [-0.39, 0.29) is 0 Å². The molecule has 0 aliphatic rings. The van der Waals surface area contributed by atoms with Crippen LogP contribution in [0.5, 0.6) is 0 Å². The molecule has 4 nitrogen and oxygen atoms in total. The first-order valence-electron chi connectivity index (χ1n) is 11.8. The molecule has 6 rings (SSSR count). The quantitative estimate of drug-likeness (QED) is 0.244. The topological polar surface area (TPSA) is 56.9 Å². The average molecular weight is 471 g/mol. The average Bonchev–Trinajstić information content (AvgIpc) is 3.31. The minimum atomic E-state index is 0.453. The zero-order valence-electron chi connectivity index (χ0n) is 19.7. The van der Waals surface area contributed by atoms with Crippen molar-refractivity contribution < 1.29 is 0 Å². The van der Waals surface area contributed by atoms with Crippen molar-refractivity contribution in [3.8, 4) is 40.1 Å². The van der Waals surface area contributed by atoms with Crippen LogP contribution in [0, 0.1) is 29.2 Å². The fourth-order valence-electron chi connectivity index (χ4n) is 5.13. The van der Waals surface area contributed by atoms with Crippen LogP contribution in [0.2, 0.25) is 0 Å². The molecule has 0 bridgehead atoms. The lowest BCUT2D eigenvalue weighted by atomic mass is 9.95. The summed E-state index contributed by atoms with van der Waals surface area (Å²) in [6, 6.07) is 39.9. The Morgan fingerprint density at radius 2 is 1.35 bits per heavy atom. The predicted octanol–water partition coefficient (Wildman–Crippen LogP) is 8.41. The molecule has 0 amide bonds. The van der Waals surface area contributed by atoms with Gasteiger partial charge in [0, 0.05) is 38.7 Å². The molecular formula is C33H18N4. The summed E-state index contributed by atoms with van der Waals surface area (Å²) in [7, 11) is 0. The predicted molar refractivity (Wildman–Crippen MR) is 147 cm³/mol. The molecule has 0 N–H and O–H groups in total. The maximum Gasteiger partial charge on any atom is 0.196 e. The standard InChI is InChI=1S/C33H18N4/c1-36-30-16-7-10-24(21-35)32(30)22-17-18-31-29(19-22)28-15-8-14-27(26-13-6-5-9-23(26)20-34)33(28)37(31)25-11-3-2-4-12-25/h2-19H. The molecule has 1 aromatic heterocycles. The maximum absolute atomic E-state index is 9.83. The monoisotopic (exact) mass is 470 g/mol. The highest BCUT2D eigenvalue weighted by Gasteiger charge is 2.19. The maximum atomic E-state index is 9.83. The van der Waals surface area contributed by atoms with E-state index in [9.17, 15) is 10.5 Å².